The van der Waals surface area contributed by atoms with Crippen LogP contribution in [0, 0.1) is 10.6 Å². The Kier molecular flexibility index (Phi) is 5.40. The van der Waals surface area contributed by atoms with Gasteiger partial charge in [0.15, 0.2) is 0 Å². The van der Waals surface area contributed by atoms with Gasteiger partial charge in [0.2, 0.25) is 5.78 Å². The Hall–Kier alpha value is -1.29. The van der Waals surface area contributed by atoms with E-state index in [4.69, 9.17) is 4.74 Å². The number of hydrogen-bond donors (Lipinski definition) is 0. The highest BCUT2D eigenvalue weighted by atomic mass is 127. The standard InChI is InChI=1S/C19H20IN3O2S/c1-13-11-14-12-16(18(24)15-3-2-4-17(20)21-15)26-19(14)23(13)6-5-22-7-9-25-10-8-22/h2-4,11-12H,5-10H2,1H3. The van der Waals surface area contributed by atoms with Crippen LogP contribution in [0.1, 0.15) is 21.1 Å². The molecule has 0 saturated carbocycles. The molecule has 1 saturated heterocycles. The van der Waals surface area contributed by atoms with Crippen LogP contribution in [0.4, 0.5) is 0 Å². The molecule has 1 aliphatic rings. The van der Waals surface area contributed by atoms with E-state index in [1.165, 1.54) is 10.5 Å². The second kappa shape index (κ2) is 7.75. The number of ketones is 1. The molecule has 0 unspecified atom stereocenters. The fraction of sp³-hybridized carbons (Fsp3) is 0.368. The number of ether oxygens (including phenoxy) is 1. The molecular formula is C19H20IN3O2S. The topological polar surface area (TPSA) is 47.4 Å². The lowest BCUT2D eigenvalue weighted by molar-refractivity contribution is 0.0365. The van der Waals surface area contributed by atoms with E-state index in [1.54, 1.807) is 17.4 Å². The lowest BCUT2D eigenvalue weighted by Gasteiger charge is -2.26. The normalized spacial score (nSPS) is 15.6. The maximum Gasteiger partial charge on any atom is 0.221 e. The maximum atomic E-state index is 12.8. The van der Waals surface area contributed by atoms with Gasteiger partial charge in [-0.15, -0.1) is 11.3 Å². The van der Waals surface area contributed by atoms with Crippen molar-refractivity contribution in [2.75, 3.05) is 32.8 Å². The molecule has 1 aliphatic heterocycles. The van der Waals surface area contributed by atoms with E-state index < -0.39 is 0 Å². The number of halogens is 1. The van der Waals surface area contributed by atoms with Crippen LogP contribution in [-0.2, 0) is 11.3 Å². The van der Waals surface area contributed by atoms with Crippen molar-refractivity contribution in [3.63, 3.8) is 0 Å². The maximum absolute atomic E-state index is 12.8. The van der Waals surface area contributed by atoms with Crippen LogP contribution in [0.15, 0.2) is 30.3 Å². The third-order valence-corrected chi connectivity index (χ3v) is 6.46. The molecule has 0 N–H and O–H groups in total. The number of fused-ring (bicyclic) bond motifs is 1. The predicted molar refractivity (Wildman–Crippen MR) is 112 cm³/mol. The van der Waals surface area contributed by atoms with E-state index in [0.29, 0.717) is 5.69 Å². The number of morpholine rings is 1. The van der Waals surface area contributed by atoms with Crippen LogP contribution in [-0.4, -0.2) is 53.1 Å². The summed E-state index contributed by atoms with van der Waals surface area (Å²) in [5.74, 6) is 0.00194. The Morgan fingerprint density at radius 1 is 1.27 bits per heavy atom. The van der Waals surface area contributed by atoms with Gasteiger partial charge in [-0.05, 0) is 53.8 Å². The van der Waals surface area contributed by atoms with E-state index in [1.807, 2.05) is 18.2 Å². The van der Waals surface area contributed by atoms with Gasteiger partial charge >= 0.3 is 0 Å². The summed E-state index contributed by atoms with van der Waals surface area (Å²) in [4.78, 5) is 21.5. The Balaban J connectivity index is 1.57. The number of nitrogens with zero attached hydrogens (tertiary/aromatic N) is 3. The zero-order valence-electron chi connectivity index (χ0n) is 14.6. The van der Waals surface area contributed by atoms with Gasteiger partial charge in [-0.1, -0.05) is 6.07 Å². The number of pyridine rings is 1. The molecule has 1 fully saturated rings. The number of hydrogen-bond acceptors (Lipinski definition) is 5. The monoisotopic (exact) mass is 481 g/mol. The number of carbonyl (C=O) groups is 1. The quantitative estimate of drug-likeness (QED) is 0.318. The average molecular weight is 481 g/mol. The van der Waals surface area contributed by atoms with E-state index in [9.17, 15) is 4.79 Å². The molecule has 136 valence electrons. The minimum absolute atomic E-state index is 0.00194. The summed E-state index contributed by atoms with van der Waals surface area (Å²) in [6.45, 7) is 7.71. The van der Waals surface area contributed by atoms with Crippen molar-refractivity contribution in [2.45, 2.75) is 13.5 Å². The van der Waals surface area contributed by atoms with Crippen molar-refractivity contribution >= 4 is 49.9 Å². The first kappa shape index (κ1) is 18.1. The van der Waals surface area contributed by atoms with Gasteiger partial charge in [0.05, 0.1) is 18.1 Å². The zero-order chi connectivity index (χ0) is 18.1. The summed E-state index contributed by atoms with van der Waals surface area (Å²) in [6.07, 6.45) is 0. The molecule has 26 heavy (non-hydrogen) atoms. The number of rotatable bonds is 5. The summed E-state index contributed by atoms with van der Waals surface area (Å²) in [5, 5.41) is 1.14. The van der Waals surface area contributed by atoms with Gasteiger partial charge < -0.3 is 9.30 Å². The van der Waals surface area contributed by atoms with Gasteiger partial charge in [0.25, 0.3) is 0 Å². The molecule has 4 heterocycles. The molecule has 5 nitrogen and oxygen atoms in total. The van der Waals surface area contributed by atoms with E-state index in [2.05, 4.69) is 50.0 Å². The highest BCUT2D eigenvalue weighted by Crippen LogP contribution is 2.30. The number of aromatic nitrogens is 2. The Bertz CT molecular complexity index is 944. The molecule has 0 aliphatic carbocycles. The first-order valence-electron chi connectivity index (χ1n) is 8.69. The molecule has 0 aromatic carbocycles. The van der Waals surface area contributed by atoms with Crippen LogP contribution in [0.2, 0.25) is 0 Å². The molecule has 7 heteroatoms. The number of carbonyl (C=O) groups excluding carboxylic acids is 1. The van der Waals surface area contributed by atoms with E-state index >= 15 is 0 Å². The summed E-state index contributed by atoms with van der Waals surface area (Å²) >= 11 is 3.70. The number of thiophene rings is 1. The fourth-order valence-electron chi connectivity index (χ4n) is 3.29. The van der Waals surface area contributed by atoms with Crippen LogP contribution < -0.4 is 0 Å². The molecule has 0 amide bonds. The van der Waals surface area contributed by atoms with Crippen LogP contribution in [0.5, 0.6) is 0 Å². The molecule has 0 radical (unpaired) electrons. The van der Waals surface area contributed by atoms with Crippen molar-refractivity contribution < 1.29 is 9.53 Å². The van der Waals surface area contributed by atoms with Crippen molar-refractivity contribution in [2.24, 2.45) is 0 Å². The van der Waals surface area contributed by atoms with Gasteiger partial charge in [0.1, 0.15) is 14.2 Å². The predicted octanol–water partition coefficient (Wildman–Crippen LogP) is 3.57. The second-order valence-corrected chi connectivity index (χ2v) is 8.57. The molecular weight excluding hydrogens is 461 g/mol. The minimum atomic E-state index is 0.00194. The Labute approximate surface area is 170 Å². The smallest absolute Gasteiger partial charge is 0.221 e. The summed E-state index contributed by atoms with van der Waals surface area (Å²) in [6, 6.07) is 9.73. The van der Waals surface area contributed by atoms with E-state index in [0.717, 1.165) is 53.4 Å². The van der Waals surface area contributed by atoms with Crippen LogP contribution in [0.25, 0.3) is 10.2 Å². The number of aryl methyl sites for hydroxylation is 1. The fourth-order valence-corrected chi connectivity index (χ4v) is 4.93. The lowest BCUT2D eigenvalue weighted by atomic mass is 10.2. The van der Waals surface area contributed by atoms with Gasteiger partial charge in [-0.25, -0.2) is 4.98 Å². The summed E-state index contributed by atoms with van der Waals surface area (Å²) in [7, 11) is 0. The average Bonchev–Trinajstić information content (AvgIpc) is 3.17. The Morgan fingerprint density at radius 3 is 2.85 bits per heavy atom. The van der Waals surface area contributed by atoms with Gasteiger partial charge in [-0.2, -0.15) is 0 Å². The first-order chi connectivity index (χ1) is 12.6. The van der Waals surface area contributed by atoms with Gasteiger partial charge in [-0.3, -0.25) is 9.69 Å². The molecule has 3 aromatic rings. The molecule has 4 rings (SSSR count). The minimum Gasteiger partial charge on any atom is -0.379 e. The van der Waals surface area contributed by atoms with Gasteiger partial charge in [0, 0.05) is 37.3 Å². The van der Waals surface area contributed by atoms with Crippen LogP contribution in [0.3, 0.4) is 0 Å². The largest absolute Gasteiger partial charge is 0.379 e. The molecule has 0 bridgehead atoms. The summed E-state index contributed by atoms with van der Waals surface area (Å²) in [5.41, 5.74) is 1.75. The second-order valence-electron chi connectivity index (χ2n) is 6.44. The third kappa shape index (κ3) is 3.71. The first-order valence-corrected chi connectivity index (χ1v) is 10.6. The van der Waals surface area contributed by atoms with Crippen molar-refractivity contribution in [3.05, 3.63) is 50.3 Å². The van der Waals surface area contributed by atoms with E-state index in [-0.39, 0.29) is 5.78 Å². The molecule has 3 aromatic heterocycles. The molecule has 0 atom stereocenters. The zero-order valence-corrected chi connectivity index (χ0v) is 17.5. The SMILES string of the molecule is Cc1cc2cc(C(=O)c3cccc(I)n3)sc2n1CCN1CCOCC1. The van der Waals surface area contributed by atoms with Crippen LogP contribution >= 0.6 is 33.9 Å². The highest BCUT2D eigenvalue weighted by molar-refractivity contribution is 14.1. The third-order valence-electron chi connectivity index (χ3n) is 4.69. The van der Waals surface area contributed by atoms with Crippen molar-refractivity contribution in [3.8, 4) is 0 Å². The van der Waals surface area contributed by atoms with Crippen molar-refractivity contribution in [1.29, 1.82) is 0 Å². The highest BCUT2D eigenvalue weighted by Gasteiger charge is 2.18. The summed E-state index contributed by atoms with van der Waals surface area (Å²) < 4.78 is 8.58. The lowest BCUT2D eigenvalue weighted by Crippen LogP contribution is -2.38. The Morgan fingerprint density at radius 2 is 2.08 bits per heavy atom. The molecule has 0 spiro atoms. The van der Waals surface area contributed by atoms with Crippen molar-refractivity contribution in [1.82, 2.24) is 14.5 Å².